The van der Waals surface area contributed by atoms with Crippen LogP contribution in [0.4, 0.5) is 0 Å². The van der Waals surface area contributed by atoms with E-state index >= 15 is 0 Å². The van der Waals surface area contributed by atoms with Crippen LogP contribution in [0.15, 0.2) is 35.6 Å². The minimum atomic E-state index is 0.199. The topological polar surface area (TPSA) is 67.1 Å². The van der Waals surface area contributed by atoms with Crippen molar-refractivity contribution in [2.45, 2.75) is 66.0 Å². The van der Waals surface area contributed by atoms with E-state index in [1.165, 1.54) is 11.1 Å². The van der Waals surface area contributed by atoms with Crippen LogP contribution in [0, 0.1) is 0 Å². The first kappa shape index (κ1) is 20.9. The zero-order chi connectivity index (χ0) is 19.5. The summed E-state index contributed by atoms with van der Waals surface area (Å²) in [4.78, 5) is 4.73. The number of aromatic nitrogens is 3. The molecule has 2 N–H and O–H groups in total. The summed E-state index contributed by atoms with van der Waals surface area (Å²) >= 11 is 0. The minimum Gasteiger partial charge on any atom is -0.355 e. The molecule has 0 bridgehead atoms. The predicted octanol–water partition coefficient (Wildman–Crippen LogP) is 3.50. The minimum absolute atomic E-state index is 0.199. The van der Waals surface area contributed by atoms with Crippen molar-refractivity contribution < 1.29 is 0 Å². The Balaban J connectivity index is 1.94. The molecule has 1 heterocycles. The first-order valence-electron chi connectivity index (χ1n) is 10.2. The van der Waals surface area contributed by atoms with Gasteiger partial charge in [-0.2, -0.15) is 0 Å². The van der Waals surface area contributed by atoms with Crippen LogP contribution in [0.5, 0.6) is 0 Å². The molecule has 0 aliphatic carbocycles. The molecule has 1 aromatic carbocycles. The van der Waals surface area contributed by atoms with Gasteiger partial charge in [-0.05, 0) is 30.9 Å². The molecule has 1 unspecified atom stereocenters. The van der Waals surface area contributed by atoms with Crippen LogP contribution in [-0.2, 0) is 19.4 Å². The fraction of sp³-hybridized carbons (Fsp3) is 0.571. The van der Waals surface area contributed by atoms with Crippen LogP contribution >= 0.6 is 0 Å². The van der Waals surface area contributed by atoms with E-state index in [1.54, 1.807) is 6.33 Å². The first-order valence-corrected chi connectivity index (χ1v) is 10.2. The molecule has 148 valence electrons. The van der Waals surface area contributed by atoms with Gasteiger partial charge in [-0.3, -0.25) is 4.99 Å². The van der Waals surface area contributed by atoms with E-state index in [9.17, 15) is 0 Å². The zero-order valence-electron chi connectivity index (χ0n) is 17.2. The van der Waals surface area contributed by atoms with Gasteiger partial charge in [0.15, 0.2) is 5.96 Å². The molecular weight excluding hydrogens is 336 g/mol. The molecule has 0 fully saturated rings. The summed E-state index contributed by atoms with van der Waals surface area (Å²) in [5.74, 6) is 1.88. The van der Waals surface area contributed by atoms with Crippen molar-refractivity contribution in [1.29, 1.82) is 0 Å². The molecule has 2 rings (SSSR count). The van der Waals surface area contributed by atoms with E-state index in [2.05, 4.69) is 77.4 Å². The smallest absolute Gasteiger partial charge is 0.191 e. The number of aryl methyl sites for hydroxylation is 2. The Labute approximate surface area is 163 Å². The second-order valence-corrected chi connectivity index (χ2v) is 6.77. The maximum absolute atomic E-state index is 4.73. The summed E-state index contributed by atoms with van der Waals surface area (Å²) in [5.41, 5.74) is 2.63. The van der Waals surface area contributed by atoms with Crippen molar-refractivity contribution in [3.63, 3.8) is 0 Å². The molecule has 0 amide bonds. The molecule has 0 radical (unpaired) electrons. The Morgan fingerprint density at radius 2 is 1.93 bits per heavy atom. The largest absolute Gasteiger partial charge is 0.355 e. The highest BCUT2D eigenvalue weighted by atomic mass is 15.3. The van der Waals surface area contributed by atoms with E-state index in [0.717, 1.165) is 57.1 Å². The third-order valence-electron chi connectivity index (χ3n) is 4.68. The monoisotopic (exact) mass is 370 g/mol. The number of benzene rings is 1. The van der Waals surface area contributed by atoms with E-state index in [4.69, 9.17) is 4.99 Å². The number of aliphatic imine (C=N–C) groups is 1. The Morgan fingerprint density at radius 3 is 2.59 bits per heavy atom. The molecule has 1 aromatic heterocycles. The lowest BCUT2D eigenvalue weighted by atomic mass is 10.1. The van der Waals surface area contributed by atoms with Crippen molar-refractivity contribution in [1.82, 2.24) is 25.4 Å². The fourth-order valence-electron chi connectivity index (χ4n) is 2.87. The number of unbranched alkanes of at least 4 members (excludes halogenated alkanes) is 1. The lowest BCUT2D eigenvalue weighted by Crippen LogP contribution is -2.40. The third-order valence-corrected chi connectivity index (χ3v) is 4.68. The summed E-state index contributed by atoms with van der Waals surface area (Å²) < 4.78 is 2.09. The van der Waals surface area contributed by atoms with E-state index in [-0.39, 0.29) is 6.04 Å². The second kappa shape index (κ2) is 11.4. The van der Waals surface area contributed by atoms with Gasteiger partial charge in [0.05, 0.1) is 6.04 Å². The number of nitrogens with zero attached hydrogens (tertiary/aromatic N) is 4. The molecule has 2 aromatic rings. The predicted molar refractivity (Wildman–Crippen MR) is 112 cm³/mol. The van der Waals surface area contributed by atoms with Crippen LogP contribution in [0.3, 0.4) is 0 Å². The summed E-state index contributed by atoms with van der Waals surface area (Å²) in [5, 5.41) is 15.1. The number of hydrogen-bond donors (Lipinski definition) is 2. The maximum Gasteiger partial charge on any atom is 0.191 e. The highest BCUT2D eigenvalue weighted by Gasteiger charge is 2.08. The summed E-state index contributed by atoms with van der Waals surface area (Å²) in [6, 6.07) is 9.00. The SMILES string of the molecule is CCCCN=C(NCCn1cnnc1CC)NC(C)c1ccc(CC)cc1. The second-order valence-electron chi connectivity index (χ2n) is 6.77. The molecule has 0 aliphatic rings. The van der Waals surface area contributed by atoms with Gasteiger partial charge in [0.25, 0.3) is 0 Å². The van der Waals surface area contributed by atoms with Gasteiger partial charge in [0.1, 0.15) is 12.2 Å². The zero-order valence-corrected chi connectivity index (χ0v) is 17.2. The van der Waals surface area contributed by atoms with Gasteiger partial charge in [-0.1, -0.05) is 51.5 Å². The molecule has 0 spiro atoms. The van der Waals surface area contributed by atoms with Gasteiger partial charge in [0, 0.05) is 26.1 Å². The van der Waals surface area contributed by atoms with Gasteiger partial charge in [-0.15, -0.1) is 10.2 Å². The van der Waals surface area contributed by atoms with Crippen molar-refractivity contribution >= 4 is 5.96 Å². The molecule has 27 heavy (non-hydrogen) atoms. The number of hydrogen-bond acceptors (Lipinski definition) is 3. The van der Waals surface area contributed by atoms with Gasteiger partial charge < -0.3 is 15.2 Å². The molecule has 1 atom stereocenters. The van der Waals surface area contributed by atoms with Crippen molar-refractivity contribution in [3.05, 3.63) is 47.5 Å². The summed E-state index contributed by atoms with van der Waals surface area (Å²) in [6.45, 7) is 11.1. The average molecular weight is 371 g/mol. The highest BCUT2D eigenvalue weighted by Crippen LogP contribution is 2.13. The Morgan fingerprint density at radius 1 is 1.15 bits per heavy atom. The number of guanidine groups is 1. The van der Waals surface area contributed by atoms with Gasteiger partial charge in [0.2, 0.25) is 0 Å². The third kappa shape index (κ3) is 6.70. The molecular formula is C21H34N6. The molecule has 0 saturated carbocycles. The normalized spacial score (nSPS) is 12.8. The Bertz CT molecular complexity index is 689. The van der Waals surface area contributed by atoms with E-state index in [1.807, 2.05) is 0 Å². The molecule has 6 heteroatoms. The summed E-state index contributed by atoms with van der Waals surface area (Å²) in [7, 11) is 0. The van der Waals surface area contributed by atoms with Crippen LogP contribution < -0.4 is 10.6 Å². The van der Waals surface area contributed by atoms with Crippen LogP contribution in [-0.4, -0.2) is 33.8 Å². The van der Waals surface area contributed by atoms with Gasteiger partial charge >= 0.3 is 0 Å². The van der Waals surface area contributed by atoms with E-state index in [0.29, 0.717) is 0 Å². The standard InChI is InChI=1S/C21H34N6/c1-5-8-13-22-21(23-14-15-27-16-24-26-20(27)7-3)25-17(4)19-11-9-18(6-2)10-12-19/h9-12,16-17H,5-8,13-15H2,1-4H3,(H2,22,23,25). The Kier molecular flexibility index (Phi) is 8.81. The highest BCUT2D eigenvalue weighted by molar-refractivity contribution is 5.80. The molecule has 6 nitrogen and oxygen atoms in total. The van der Waals surface area contributed by atoms with Crippen LogP contribution in [0.2, 0.25) is 0 Å². The quantitative estimate of drug-likeness (QED) is 0.382. The van der Waals surface area contributed by atoms with Crippen LogP contribution in [0.25, 0.3) is 0 Å². The maximum atomic E-state index is 4.73. The molecule has 0 saturated heterocycles. The van der Waals surface area contributed by atoms with Crippen LogP contribution in [0.1, 0.15) is 63.5 Å². The number of rotatable bonds is 10. The van der Waals surface area contributed by atoms with Crippen molar-refractivity contribution in [2.75, 3.05) is 13.1 Å². The Hall–Kier alpha value is -2.37. The van der Waals surface area contributed by atoms with E-state index < -0.39 is 0 Å². The first-order chi connectivity index (χ1) is 13.2. The lowest BCUT2D eigenvalue weighted by Gasteiger charge is -2.19. The lowest BCUT2D eigenvalue weighted by molar-refractivity contribution is 0.618. The molecule has 0 aliphatic heterocycles. The van der Waals surface area contributed by atoms with Crippen molar-refractivity contribution in [3.8, 4) is 0 Å². The average Bonchev–Trinajstić information content (AvgIpc) is 3.15. The number of nitrogens with one attached hydrogen (secondary N) is 2. The summed E-state index contributed by atoms with van der Waals surface area (Å²) in [6.07, 6.45) is 5.99. The van der Waals surface area contributed by atoms with Gasteiger partial charge in [-0.25, -0.2) is 0 Å². The van der Waals surface area contributed by atoms with Crippen molar-refractivity contribution in [2.24, 2.45) is 4.99 Å². The fourth-order valence-corrected chi connectivity index (χ4v) is 2.87.